The summed E-state index contributed by atoms with van der Waals surface area (Å²) in [6.07, 6.45) is 6.30. The number of amides is 3. The topological polar surface area (TPSA) is 101 Å². The molecule has 3 amide bonds. The monoisotopic (exact) mass is 469 g/mol. The molecule has 0 fully saturated rings. The van der Waals surface area contributed by atoms with Gasteiger partial charge in [0, 0.05) is 41.7 Å². The summed E-state index contributed by atoms with van der Waals surface area (Å²) < 4.78 is 0.901. The van der Waals surface area contributed by atoms with Crippen LogP contribution in [0.2, 0.25) is 0 Å². The van der Waals surface area contributed by atoms with Gasteiger partial charge in [-0.3, -0.25) is 9.78 Å². The van der Waals surface area contributed by atoms with Crippen LogP contribution < -0.4 is 16.0 Å². The van der Waals surface area contributed by atoms with E-state index in [1.807, 2.05) is 37.3 Å². The van der Waals surface area contributed by atoms with E-state index in [-0.39, 0.29) is 5.91 Å². The highest BCUT2D eigenvalue weighted by molar-refractivity contribution is 9.10. The number of hydrogen-bond donors (Lipinski definition) is 2. The van der Waals surface area contributed by atoms with Crippen LogP contribution in [0.25, 0.3) is 0 Å². The SMILES string of the molecule is Cc1ccc(CC(C=NC(=O)N[C@H]2CCc3ccc(Br)cc3N(C)C2=O)=CN)cn1. The lowest BCUT2D eigenvalue weighted by molar-refractivity contribution is -0.120. The molecule has 0 radical (unpaired) electrons. The molecule has 0 saturated carbocycles. The van der Waals surface area contributed by atoms with Crippen molar-refractivity contribution in [2.24, 2.45) is 10.7 Å². The molecule has 1 aliphatic heterocycles. The minimum absolute atomic E-state index is 0.171. The lowest BCUT2D eigenvalue weighted by Gasteiger charge is -2.21. The fourth-order valence-electron chi connectivity index (χ4n) is 3.28. The zero-order valence-electron chi connectivity index (χ0n) is 16.9. The number of aryl methyl sites for hydroxylation is 2. The predicted octanol–water partition coefficient (Wildman–Crippen LogP) is 3.30. The summed E-state index contributed by atoms with van der Waals surface area (Å²) in [6, 6.07) is 8.50. The van der Waals surface area contributed by atoms with Crippen molar-refractivity contribution in [1.29, 1.82) is 0 Å². The molecule has 30 heavy (non-hydrogen) atoms. The van der Waals surface area contributed by atoms with Gasteiger partial charge in [0.25, 0.3) is 0 Å². The zero-order valence-corrected chi connectivity index (χ0v) is 18.5. The Kier molecular flexibility index (Phi) is 6.99. The minimum Gasteiger partial charge on any atom is -0.404 e. The van der Waals surface area contributed by atoms with Gasteiger partial charge >= 0.3 is 6.03 Å². The van der Waals surface area contributed by atoms with Gasteiger partial charge in [-0.25, -0.2) is 9.79 Å². The molecule has 156 valence electrons. The second-order valence-corrected chi connectivity index (χ2v) is 8.11. The molecule has 1 aromatic heterocycles. The quantitative estimate of drug-likeness (QED) is 0.670. The molecule has 7 nitrogen and oxygen atoms in total. The zero-order chi connectivity index (χ0) is 21.7. The molecule has 1 aromatic carbocycles. The van der Waals surface area contributed by atoms with Crippen LogP contribution in [0, 0.1) is 6.92 Å². The average molecular weight is 470 g/mol. The first-order valence-corrected chi connectivity index (χ1v) is 10.4. The van der Waals surface area contributed by atoms with Crippen LogP contribution >= 0.6 is 15.9 Å². The van der Waals surface area contributed by atoms with Gasteiger partial charge in [0.1, 0.15) is 6.04 Å². The van der Waals surface area contributed by atoms with E-state index in [0.29, 0.717) is 24.8 Å². The first-order valence-electron chi connectivity index (χ1n) is 9.60. The highest BCUT2D eigenvalue weighted by Gasteiger charge is 2.29. The number of hydrogen-bond acceptors (Lipinski definition) is 4. The molecule has 1 aliphatic rings. The van der Waals surface area contributed by atoms with Gasteiger partial charge in [-0.05, 0) is 60.9 Å². The fraction of sp³-hybridized carbons (Fsp3) is 0.273. The van der Waals surface area contributed by atoms with Gasteiger partial charge in [0.2, 0.25) is 5.91 Å². The molecule has 3 rings (SSSR count). The molecule has 2 heterocycles. The number of pyridine rings is 1. The van der Waals surface area contributed by atoms with E-state index < -0.39 is 12.1 Å². The number of carbonyl (C=O) groups excluding carboxylic acids is 2. The number of nitrogens with zero attached hydrogens (tertiary/aromatic N) is 3. The number of urea groups is 1. The molecule has 0 saturated heterocycles. The van der Waals surface area contributed by atoms with E-state index in [2.05, 4.69) is 31.2 Å². The maximum atomic E-state index is 12.8. The summed E-state index contributed by atoms with van der Waals surface area (Å²) in [6.45, 7) is 1.92. The van der Waals surface area contributed by atoms with E-state index in [0.717, 1.165) is 27.0 Å². The van der Waals surface area contributed by atoms with Crippen LogP contribution in [0.3, 0.4) is 0 Å². The van der Waals surface area contributed by atoms with Crippen LogP contribution in [-0.4, -0.2) is 36.2 Å². The Bertz CT molecular complexity index is 1000. The summed E-state index contributed by atoms with van der Waals surface area (Å²) in [5.74, 6) is -0.171. The first kappa shape index (κ1) is 21.7. The maximum Gasteiger partial charge on any atom is 0.341 e. The lowest BCUT2D eigenvalue weighted by atomic mass is 10.1. The van der Waals surface area contributed by atoms with Crippen molar-refractivity contribution >= 4 is 39.8 Å². The number of carbonyl (C=O) groups is 2. The Labute approximate surface area is 184 Å². The average Bonchev–Trinajstić information content (AvgIpc) is 2.85. The van der Waals surface area contributed by atoms with Gasteiger partial charge in [-0.1, -0.05) is 28.1 Å². The Morgan fingerprint density at radius 2 is 2.20 bits per heavy atom. The number of fused-ring (bicyclic) bond motifs is 1. The van der Waals surface area contributed by atoms with E-state index in [1.165, 1.54) is 12.4 Å². The maximum absolute atomic E-state index is 12.8. The number of halogens is 1. The van der Waals surface area contributed by atoms with Gasteiger partial charge in [-0.15, -0.1) is 0 Å². The van der Waals surface area contributed by atoms with Gasteiger partial charge in [-0.2, -0.15) is 0 Å². The largest absolute Gasteiger partial charge is 0.404 e. The molecule has 2 aromatic rings. The highest BCUT2D eigenvalue weighted by Crippen LogP contribution is 2.29. The first-order chi connectivity index (χ1) is 14.4. The molecular formula is C22H24BrN5O2. The third kappa shape index (κ3) is 5.33. The van der Waals surface area contributed by atoms with E-state index in [9.17, 15) is 9.59 Å². The minimum atomic E-state index is -0.641. The lowest BCUT2D eigenvalue weighted by Crippen LogP contribution is -2.46. The van der Waals surface area contributed by atoms with Crippen LogP contribution in [0.15, 0.2) is 57.8 Å². The molecule has 0 aliphatic carbocycles. The number of allylic oxidation sites excluding steroid dienone is 1. The number of aliphatic imine (C=N–C) groups is 1. The van der Waals surface area contributed by atoms with Gasteiger partial charge in [0.15, 0.2) is 0 Å². The van der Waals surface area contributed by atoms with E-state index in [4.69, 9.17) is 5.73 Å². The highest BCUT2D eigenvalue weighted by atomic mass is 79.9. The van der Waals surface area contributed by atoms with Crippen LogP contribution in [0.5, 0.6) is 0 Å². The molecule has 0 bridgehead atoms. The Morgan fingerprint density at radius 1 is 1.40 bits per heavy atom. The van der Waals surface area contributed by atoms with Crippen molar-refractivity contribution in [1.82, 2.24) is 10.3 Å². The van der Waals surface area contributed by atoms with Crippen molar-refractivity contribution in [2.75, 3.05) is 11.9 Å². The molecule has 8 heteroatoms. The predicted molar refractivity (Wildman–Crippen MR) is 122 cm³/mol. The van der Waals surface area contributed by atoms with Crippen molar-refractivity contribution in [3.63, 3.8) is 0 Å². The molecule has 0 unspecified atom stereocenters. The second-order valence-electron chi connectivity index (χ2n) is 7.20. The molecule has 1 atom stereocenters. The smallest absolute Gasteiger partial charge is 0.341 e. The number of nitrogens with one attached hydrogen (secondary N) is 1. The van der Waals surface area contributed by atoms with Gasteiger partial charge < -0.3 is 16.0 Å². The second kappa shape index (κ2) is 9.67. The van der Waals surface area contributed by atoms with Crippen molar-refractivity contribution in [2.45, 2.75) is 32.2 Å². The summed E-state index contributed by atoms with van der Waals surface area (Å²) in [5, 5.41) is 2.72. The van der Waals surface area contributed by atoms with Crippen LogP contribution in [0.4, 0.5) is 10.5 Å². The summed E-state index contributed by atoms with van der Waals surface area (Å²) in [4.78, 5) is 34.9. The van der Waals surface area contributed by atoms with Crippen molar-refractivity contribution in [3.8, 4) is 0 Å². The van der Waals surface area contributed by atoms with E-state index >= 15 is 0 Å². The van der Waals surface area contributed by atoms with Crippen LogP contribution in [-0.2, 0) is 17.6 Å². The Balaban J connectivity index is 1.63. The molecule has 3 N–H and O–H groups in total. The summed E-state index contributed by atoms with van der Waals surface area (Å²) >= 11 is 3.44. The third-order valence-corrected chi connectivity index (χ3v) is 5.47. The summed E-state index contributed by atoms with van der Waals surface area (Å²) in [5.41, 5.74) is 10.2. The Morgan fingerprint density at radius 3 is 2.90 bits per heavy atom. The van der Waals surface area contributed by atoms with Crippen LogP contribution in [0.1, 0.15) is 23.2 Å². The Hall–Kier alpha value is -3.00. The normalized spacial score (nSPS) is 17.0. The molecule has 0 spiro atoms. The fourth-order valence-corrected chi connectivity index (χ4v) is 3.63. The number of likely N-dealkylation sites (N-methyl/N-ethyl adjacent to an activating group) is 1. The van der Waals surface area contributed by atoms with E-state index in [1.54, 1.807) is 18.1 Å². The number of benzene rings is 1. The summed E-state index contributed by atoms with van der Waals surface area (Å²) in [7, 11) is 1.71. The number of nitrogens with two attached hydrogens (primary N) is 1. The third-order valence-electron chi connectivity index (χ3n) is 4.98. The van der Waals surface area contributed by atoms with Gasteiger partial charge in [0.05, 0.1) is 0 Å². The van der Waals surface area contributed by atoms with Crippen molar-refractivity contribution in [3.05, 3.63) is 69.6 Å². The number of aromatic nitrogens is 1. The number of rotatable bonds is 4. The molecular weight excluding hydrogens is 446 g/mol. The van der Waals surface area contributed by atoms with Crippen molar-refractivity contribution < 1.29 is 9.59 Å². The standard InChI is InChI=1S/C22H24BrN5O2/c1-14-3-4-15(12-25-14)9-16(11-24)13-26-22(30)27-19-8-6-17-5-7-18(23)10-20(17)28(2)21(19)29/h3-5,7,10-13,19H,6,8-9,24H2,1-2H3,(H,27,30)/t19-/m0/s1. The number of anilines is 1.